The van der Waals surface area contributed by atoms with Crippen molar-refractivity contribution in [3.63, 3.8) is 0 Å². The molecule has 0 aliphatic carbocycles. The second-order valence-corrected chi connectivity index (χ2v) is 5.93. The molecule has 4 nitrogen and oxygen atoms in total. The molecule has 0 aromatic carbocycles. The summed E-state index contributed by atoms with van der Waals surface area (Å²) in [5.41, 5.74) is 0. The Bertz CT molecular complexity index is 272. The molecule has 0 saturated carbocycles. The first-order valence-electron chi connectivity index (χ1n) is 7.03. The topological polar surface area (TPSA) is 55.8 Å². The zero-order valence-electron chi connectivity index (χ0n) is 11.3. The van der Waals surface area contributed by atoms with E-state index >= 15 is 0 Å². The minimum Gasteiger partial charge on any atom is -0.465 e. The van der Waals surface area contributed by atoms with E-state index in [-0.39, 0.29) is 12.1 Å². The van der Waals surface area contributed by atoms with Gasteiger partial charge in [0.15, 0.2) is 6.29 Å². The predicted octanol–water partition coefficient (Wildman–Crippen LogP) is 2.10. The standard InChI is InChI=1S/C14H24O4/c1-9(12-3-4-13(15)17-8-12)5-11-6-10(2)18-14(16)7-11/h9-12,14,16H,3-8H2,1-2H3. The van der Waals surface area contributed by atoms with Gasteiger partial charge < -0.3 is 14.6 Å². The fourth-order valence-corrected chi connectivity index (χ4v) is 3.25. The van der Waals surface area contributed by atoms with Crippen molar-refractivity contribution in [1.82, 2.24) is 0 Å². The van der Waals surface area contributed by atoms with Crippen molar-refractivity contribution in [2.75, 3.05) is 6.61 Å². The Hall–Kier alpha value is -0.610. The summed E-state index contributed by atoms with van der Waals surface area (Å²) in [6, 6.07) is 0. The summed E-state index contributed by atoms with van der Waals surface area (Å²) in [5.74, 6) is 1.49. The largest absolute Gasteiger partial charge is 0.465 e. The van der Waals surface area contributed by atoms with Crippen LogP contribution < -0.4 is 0 Å². The molecule has 5 atom stereocenters. The summed E-state index contributed by atoms with van der Waals surface area (Å²) in [6.07, 6.45) is 3.90. The molecule has 0 bridgehead atoms. The van der Waals surface area contributed by atoms with Crippen LogP contribution in [0.5, 0.6) is 0 Å². The number of ether oxygens (including phenoxy) is 2. The zero-order chi connectivity index (χ0) is 13.1. The van der Waals surface area contributed by atoms with Gasteiger partial charge in [-0.15, -0.1) is 0 Å². The number of hydrogen-bond donors (Lipinski definition) is 1. The smallest absolute Gasteiger partial charge is 0.305 e. The van der Waals surface area contributed by atoms with Gasteiger partial charge in [-0.2, -0.15) is 0 Å². The monoisotopic (exact) mass is 256 g/mol. The lowest BCUT2D eigenvalue weighted by Gasteiger charge is -2.35. The van der Waals surface area contributed by atoms with Gasteiger partial charge in [0, 0.05) is 12.8 Å². The maximum Gasteiger partial charge on any atom is 0.305 e. The minimum atomic E-state index is -0.602. The lowest BCUT2D eigenvalue weighted by atomic mass is 9.79. The Morgan fingerprint density at radius 1 is 1.44 bits per heavy atom. The molecule has 2 saturated heterocycles. The van der Waals surface area contributed by atoms with E-state index < -0.39 is 6.29 Å². The average molecular weight is 256 g/mol. The van der Waals surface area contributed by atoms with E-state index in [9.17, 15) is 9.90 Å². The van der Waals surface area contributed by atoms with E-state index in [0.717, 1.165) is 25.7 Å². The molecule has 2 aliphatic rings. The third kappa shape index (κ3) is 3.69. The molecule has 2 rings (SSSR count). The van der Waals surface area contributed by atoms with Gasteiger partial charge in [-0.1, -0.05) is 6.92 Å². The number of aliphatic hydroxyl groups excluding tert-OH is 1. The van der Waals surface area contributed by atoms with Crippen molar-refractivity contribution in [3.8, 4) is 0 Å². The number of hydrogen-bond acceptors (Lipinski definition) is 4. The van der Waals surface area contributed by atoms with E-state index in [1.165, 1.54) is 0 Å². The first kappa shape index (κ1) is 13.8. The van der Waals surface area contributed by atoms with Crippen molar-refractivity contribution < 1.29 is 19.4 Å². The number of rotatable bonds is 3. The summed E-state index contributed by atoms with van der Waals surface area (Å²) in [4.78, 5) is 11.0. The molecule has 1 N–H and O–H groups in total. The summed E-state index contributed by atoms with van der Waals surface area (Å²) >= 11 is 0. The van der Waals surface area contributed by atoms with Crippen LogP contribution >= 0.6 is 0 Å². The minimum absolute atomic E-state index is 0.0615. The fourth-order valence-electron chi connectivity index (χ4n) is 3.25. The molecular weight excluding hydrogens is 232 g/mol. The second-order valence-electron chi connectivity index (χ2n) is 5.93. The van der Waals surface area contributed by atoms with Crippen LogP contribution in [0.2, 0.25) is 0 Å². The Morgan fingerprint density at radius 3 is 2.83 bits per heavy atom. The summed E-state index contributed by atoms with van der Waals surface area (Å²) in [5, 5.41) is 9.62. The maximum absolute atomic E-state index is 11.0. The summed E-state index contributed by atoms with van der Waals surface area (Å²) < 4.78 is 10.5. The molecule has 0 spiro atoms. The molecule has 104 valence electrons. The number of esters is 1. The highest BCUT2D eigenvalue weighted by atomic mass is 16.6. The number of carbonyl (C=O) groups is 1. The van der Waals surface area contributed by atoms with Crippen LogP contribution in [-0.4, -0.2) is 30.1 Å². The number of aliphatic hydroxyl groups is 1. The van der Waals surface area contributed by atoms with Crippen molar-refractivity contribution in [2.45, 2.75) is 58.3 Å². The van der Waals surface area contributed by atoms with Crippen LogP contribution in [0.25, 0.3) is 0 Å². The molecule has 0 amide bonds. The Balaban J connectivity index is 1.79. The number of cyclic esters (lactones) is 1. The third-order valence-corrected chi connectivity index (χ3v) is 4.28. The average Bonchev–Trinajstić information content (AvgIpc) is 2.28. The van der Waals surface area contributed by atoms with E-state index in [0.29, 0.717) is 30.8 Å². The van der Waals surface area contributed by atoms with Gasteiger partial charge in [0.1, 0.15) is 0 Å². The van der Waals surface area contributed by atoms with Gasteiger partial charge in [0.05, 0.1) is 12.7 Å². The maximum atomic E-state index is 11.0. The van der Waals surface area contributed by atoms with Gasteiger partial charge in [0.2, 0.25) is 0 Å². The van der Waals surface area contributed by atoms with Crippen LogP contribution in [0.1, 0.15) is 46.0 Å². The Labute approximate surface area is 109 Å². The lowest BCUT2D eigenvalue weighted by Crippen LogP contribution is -2.33. The van der Waals surface area contributed by atoms with Crippen LogP contribution in [-0.2, 0) is 14.3 Å². The van der Waals surface area contributed by atoms with Crippen LogP contribution in [0.3, 0.4) is 0 Å². The molecule has 0 aromatic heterocycles. The van der Waals surface area contributed by atoms with Crippen molar-refractivity contribution in [1.29, 1.82) is 0 Å². The summed E-state index contributed by atoms with van der Waals surface area (Å²) in [6.45, 7) is 4.82. The van der Waals surface area contributed by atoms with Gasteiger partial charge in [-0.3, -0.25) is 4.79 Å². The van der Waals surface area contributed by atoms with E-state index in [2.05, 4.69) is 6.92 Å². The highest BCUT2D eigenvalue weighted by Gasteiger charge is 2.30. The van der Waals surface area contributed by atoms with E-state index in [4.69, 9.17) is 9.47 Å². The Kier molecular flexibility index (Phi) is 4.62. The first-order valence-corrected chi connectivity index (χ1v) is 7.03. The van der Waals surface area contributed by atoms with Crippen molar-refractivity contribution >= 4 is 5.97 Å². The normalized spacial score (nSPS) is 39.2. The Morgan fingerprint density at radius 2 is 2.22 bits per heavy atom. The zero-order valence-corrected chi connectivity index (χ0v) is 11.3. The molecule has 4 heteroatoms. The SMILES string of the molecule is CC1CC(CC(C)C2CCC(=O)OC2)CC(O)O1. The quantitative estimate of drug-likeness (QED) is 0.786. The predicted molar refractivity (Wildman–Crippen MR) is 66.7 cm³/mol. The molecule has 5 unspecified atom stereocenters. The molecule has 2 heterocycles. The molecule has 2 fully saturated rings. The molecule has 18 heavy (non-hydrogen) atoms. The third-order valence-electron chi connectivity index (χ3n) is 4.28. The van der Waals surface area contributed by atoms with Crippen molar-refractivity contribution in [3.05, 3.63) is 0 Å². The summed E-state index contributed by atoms with van der Waals surface area (Å²) in [7, 11) is 0. The van der Waals surface area contributed by atoms with Crippen LogP contribution in [0, 0.1) is 17.8 Å². The van der Waals surface area contributed by atoms with Crippen LogP contribution in [0.15, 0.2) is 0 Å². The lowest BCUT2D eigenvalue weighted by molar-refractivity contribution is -0.173. The molecule has 0 radical (unpaired) electrons. The highest BCUT2D eigenvalue weighted by molar-refractivity contribution is 5.69. The van der Waals surface area contributed by atoms with Crippen molar-refractivity contribution in [2.24, 2.45) is 17.8 Å². The molecular formula is C14H24O4. The van der Waals surface area contributed by atoms with Gasteiger partial charge in [-0.05, 0) is 43.9 Å². The van der Waals surface area contributed by atoms with Gasteiger partial charge in [0.25, 0.3) is 0 Å². The molecule has 0 aromatic rings. The van der Waals surface area contributed by atoms with Gasteiger partial charge in [-0.25, -0.2) is 0 Å². The van der Waals surface area contributed by atoms with E-state index in [1.54, 1.807) is 0 Å². The number of carbonyl (C=O) groups excluding carboxylic acids is 1. The fraction of sp³-hybridized carbons (Fsp3) is 0.929. The second kappa shape index (κ2) is 6.02. The first-order chi connectivity index (χ1) is 8.54. The molecule has 2 aliphatic heterocycles. The van der Waals surface area contributed by atoms with E-state index in [1.807, 2.05) is 6.92 Å². The van der Waals surface area contributed by atoms with Crippen LogP contribution in [0.4, 0.5) is 0 Å². The highest BCUT2D eigenvalue weighted by Crippen LogP contribution is 2.33. The van der Waals surface area contributed by atoms with Gasteiger partial charge >= 0.3 is 5.97 Å².